The predicted octanol–water partition coefficient (Wildman–Crippen LogP) is 12.8. The largest absolute Gasteiger partial charge is 0.366 e. The lowest BCUT2D eigenvalue weighted by atomic mass is 9.97. The average Bonchev–Trinajstić information content (AvgIpc) is 3.69. The first-order valence-electron chi connectivity index (χ1n) is 19.6. The second-order valence-electron chi connectivity index (χ2n) is 15.1. The van der Waals surface area contributed by atoms with Crippen LogP contribution in [0.2, 0.25) is 0 Å². The number of aromatic nitrogens is 2. The molecule has 2 N–H and O–H groups in total. The van der Waals surface area contributed by atoms with E-state index >= 15 is 0 Å². The molecular formula is C52H40N4. The molecule has 0 saturated carbocycles. The molecule has 4 nitrogen and oxygen atoms in total. The van der Waals surface area contributed by atoms with Crippen LogP contribution in [0.3, 0.4) is 0 Å². The zero-order chi connectivity index (χ0) is 37.2. The third-order valence-electron chi connectivity index (χ3n) is 11.8. The van der Waals surface area contributed by atoms with Gasteiger partial charge in [0, 0.05) is 44.7 Å². The molecule has 11 rings (SSSR count). The van der Waals surface area contributed by atoms with E-state index in [1.165, 1.54) is 82.3 Å². The molecule has 4 heteroatoms. The molecule has 0 radical (unpaired) electrons. The minimum absolute atomic E-state index is 0.0870. The van der Waals surface area contributed by atoms with Gasteiger partial charge in [0.25, 0.3) is 0 Å². The lowest BCUT2D eigenvalue weighted by molar-refractivity contribution is 0.431. The fourth-order valence-corrected chi connectivity index (χ4v) is 9.19. The number of benzene rings is 8. The van der Waals surface area contributed by atoms with Crippen LogP contribution in [0.15, 0.2) is 194 Å². The molecule has 1 aliphatic heterocycles. The lowest BCUT2D eigenvalue weighted by Crippen LogP contribution is -2.33. The Hall–Kier alpha value is -6.88. The maximum Gasteiger partial charge on any atom is 0.104 e. The Morgan fingerprint density at radius 3 is 1.88 bits per heavy atom. The van der Waals surface area contributed by atoms with E-state index in [2.05, 4.69) is 215 Å². The number of para-hydroxylation sites is 2. The van der Waals surface area contributed by atoms with Crippen molar-refractivity contribution in [3.05, 3.63) is 210 Å². The molecule has 0 fully saturated rings. The quantitative estimate of drug-likeness (QED) is 0.186. The Morgan fingerprint density at radius 2 is 1.09 bits per heavy atom. The van der Waals surface area contributed by atoms with Gasteiger partial charge in [0.2, 0.25) is 0 Å². The Balaban J connectivity index is 1.08. The average molecular weight is 721 g/mol. The van der Waals surface area contributed by atoms with E-state index in [0.717, 1.165) is 17.8 Å². The van der Waals surface area contributed by atoms with Crippen molar-refractivity contribution in [2.45, 2.75) is 25.6 Å². The maximum atomic E-state index is 4.00. The Labute approximate surface area is 326 Å². The normalized spacial score (nSPS) is 16.2. The van der Waals surface area contributed by atoms with Crippen LogP contribution in [0.4, 0.5) is 0 Å². The van der Waals surface area contributed by atoms with Gasteiger partial charge in [0.1, 0.15) is 6.17 Å². The second-order valence-corrected chi connectivity index (χ2v) is 15.1. The first kappa shape index (κ1) is 32.5. The highest BCUT2D eigenvalue weighted by molar-refractivity contribution is 6.25. The maximum absolute atomic E-state index is 4.00. The predicted molar refractivity (Wildman–Crippen MR) is 234 cm³/mol. The van der Waals surface area contributed by atoms with Crippen LogP contribution in [-0.2, 0) is 0 Å². The lowest BCUT2D eigenvalue weighted by Gasteiger charge is -2.26. The van der Waals surface area contributed by atoms with Gasteiger partial charge in [-0.3, -0.25) is 5.32 Å². The van der Waals surface area contributed by atoms with Crippen LogP contribution in [0.1, 0.15) is 42.2 Å². The van der Waals surface area contributed by atoms with Gasteiger partial charge < -0.3 is 14.5 Å². The summed E-state index contributed by atoms with van der Waals surface area (Å²) >= 11 is 0. The Kier molecular flexibility index (Phi) is 7.64. The van der Waals surface area contributed by atoms with Gasteiger partial charge in [-0.05, 0) is 94.9 Å². The number of fused-ring (bicyclic) bond motifs is 8. The molecule has 0 spiro atoms. The van der Waals surface area contributed by atoms with Crippen LogP contribution < -0.4 is 10.6 Å². The molecule has 2 unspecified atom stereocenters. The molecular weight excluding hydrogens is 681 g/mol. The van der Waals surface area contributed by atoms with Crippen molar-refractivity contribution in [2.75, 3.05) is 0 Å². The molecule has 0 aliphatic carbocycles. The zero-order valence-electron chi connectivity index (χ0n) is 31.2. The summed E-state index contributed by atoms with van der Waals surface area (Å²) in [4.78, 5) is 0. The van der Waals surface area contributed by atoms with Crippen molar-refractivity contribution >= 4 is 60.1 Å². The number of hydrogen-bond acceptors (Lipinski definition) is 2. The van der Waals surface area contributed by atoms with Crippen LogP contribution in [-0.4, -0.2) is 9.13 Å². The molecule has 10 aromatic rings. The zero-order valence-corrected chi connectivity index (χ0v) is 31.2. The second kappa shape index (κ2) is 13.2. The fourth-order valence-electron chi connectivity index (χ4n) is 9.19. The molecule has 8 aromatic carbocycles. The molecule has 1 aliphatic rings. The van der Waals surface area contributed by atoms with Crippen LogP contribution >= 0.6 is 0 Å². The molecule has 56 heavy (non-hydrogen) atoms. The van der Waals surface area contributed by atoms with E-state index < -0.39 is 0 Å². The van der Waals surface area contributed by atoms with E-state index in [4.69, 9.17) is 0 Å². The molecule has 2 aromatic heterocycles. The number of rotatable bonds is 5. The van der Waals surface area contributed by atoms with Crippen molar-refractivity contribution < 1.29 is 0 Å². The highest BCUT2D eigenvalue weighted by Gasteiger charge is 2.26. The highest BCUT2D eigenvalue weighted by atomic mass is 15.2. The minimum atomic E-state index is -0.0870. The summed E-state index contributed by atoms with van der Waals surface area (Å²) in [6.07, 6.45) is 0.831. The van der Waals surface area contributed by atoms with Crippen molar-refractivity contribution in [3.8, 4) is 11.4 Å². The number of nitrogens with zero attached hydrogens (tertiary/aromatic N) is 2. The van der Waals surface area contributed by atoms with E-state index in [0.29, 0.717) is 0 Å². The summed E-state index contributed by atoms with van der Waals surface area (Å²) in [5.74, 6) is 0. The van der Waals surface area contributed by atoms with Gasteiger partial charge in [-0.15, -0.1) is 0 Å². The topological polar surface area (TPSA) is 33.9 Å². The SMILES string of the molecule is CC1=C(c2ccccc2)NC(c2ccc(-n3c4ccccc4c4cc5c6c7ccccc7ccc6n(-c6ccccc6)c5cc43)cc2)NC(c2ccccc2)C1. The van der Waals surface area contributed by atoms with Gasteiger partial charge in [0.05, 0.1) is 22.1 Å². The number of nitrogens with one attached hydrogen (secondary N) is 2. The molecule has 0 bridgehead atoms. The van der Waals surface area contributed by atoms with Crippen molar-refractivity contribution in [1.82, 2.24) is 19.8 Å². The third-order valence-corrected chi connectivity index (χ3v) is 11.8. The first-order chi connectivity index (χ1) is 27.7. The third kappa shape index (κ3) is 5.25. The smallest absolute Gasteiger partial charge is 0.104 e. The molecule has 268 valence electrons. The van der Waals surface area contributed by atoms with E-state index in [9.17, 15) is 0 Å². The number of hydrogen-bond donors (Lipinski definition) is 2. The molecule has 2 atom stereocenters. The van der Waals surface area contributed by atoms with Gasteiger partial charge in [-0.2, -0.15) is 0 Å². The van der Waals surface area contributed by atoms with Crippen LogP contribution in [0.5, 0.6) is 0 Å². The van der Waals surface area contributed by atoms with Gasteiger partial charge in [-0.25, -0.2) is 0 Å². The fraction of sp³-hybridized carbons (Fsp3) is 0.0769. The monoisotopic (exact) mass is 720 g/mol. The first-order valence-corrected chi connectivity index (χ1v) is 19.6. The summed E-state index contributed by atoms with van der Waals surface area (Å²) in [6.45, 7) is 2.26. The summed E-state index contributed by atoms with van der Waals surface area (Å²) in [5.41, 5.74) is 13.3. The summed E-state index contributed by atoms with van der Waals surface area (Å²) in [6, 6.07) is 68.7. The highest BCUT2D eigenvalue weighted by Crippen LogP contribution is 2.42. The summed E-state index contributed by atoms with van der Waals surface area (Å²) < 4.78 is 4.88. The molecule has 0 saturated heterocycles. The Bertz CT molecular complexity index is 3100. The van der Waals surface area contributed by atoms with E-state index in [-0.39, 0.29) is 12.2 Å². The molecule has 3 heterocycles. The van der Waals surface area contributed by atoms with E-state index in [1.54, 1.807) is 0 Å². The van der Waals surface area contributed by atoms with Crippen LogP contribution in [0.25, 0.3) is 71.5 Å². The summed E-state index contributed by atoms with van der Waals surface area (Å²) in [7, 11) is 0. The van der Waals surface area contributed by atoms with Crippen molar-refractivity contribution in [2.24, 2.45) is 0 Å². The standard InChI is InChI=1S/C52H40N4/c1-34-31-45(36-16-5-2-6-17-36)53-52(54-51(34)37-18-7-3-8-19-37)38-25-28-40(29-26-38)55-46-24-14-13-23-42(46)43-32-44-49(33-48(43)55)56(39-20-9-4-10-21-39)47-30-27-35-15-11-12-22-41(35)50(44)47/h2-30,32-33,45,52-54H,31H2,1H3. The minimum Gasteiger partial charge on any atom is -0.366 e. The van der Waals surface area contributed by atoms with Gasteiger partial charge in [-0.1, -0.05) is 140 Å². The van der Waals surface area contributed by atoms with Crippen molar-refractivity contribution in [1.29, 1.82) is 0 Å². The van der Waals surface area contributed by atoms with Gasteiger partial charge in [0.15, 0.2) is 0 Å². The van der Waals surface area contributed by atoms with E-state index in [1.807, 2.05) is 0 Å². The van der Waals surface area contributed by atoms with Crippen molar-refractivity contribution in [3.63, 3.8) is 0 Å². The van der Waals surface area contributed by atoms with Gasteiger partial charge >= 0.3 is 0 Å². The molecule has 0 amide bonds. The van der Waals surface area contributed by atoms with Crippen LogP contribution in [0, 0.1) is 0 Å². The Morgan fingerprint density at radius 1 is 0.464 bits per heavy atom. The summed E-state index contributed by atoms with van der Waals surface area (Å²) in [5, 5.41) is 15.5.